The molecule has 43 heavy (non-hydrogen) atoms. The Kier molecular flexibility index (Phi) is 11.1. The fourth-order valence-electron chi connectivity index (χ4n) is 5.36. The molecule has 0 saturated carbocycles. The van der Waals surface area contributed by atoms with Crippen LogP contribution in [0.15, 0.2) is 72.4 Å². The van der Waals surface area contributed by atoms with Crippen molar-refractivity contribution in [2.24, 2.45) is 5.41 Å². The van der Waals surface area contributed by atoms with Gasteiger partial charge in [-0.3, -0.25) is 9.78 Å². The van der Waals surface area contributed by atoms with Gasteiger partial charge in [-0.1, -0.05) is 81.4 Å². The summed E-state index contributed by atoms with van der Waals surface area (Å²) in [4.78, 5) is 45.6. The van der Waals surface area contributed by atoms with Crippen LogP contribution in [0.3, 0.4) is 0 Å². The molecule has 4 atom stereocenters. The van der Waals surface area contributed by atoms with Crippen molar-refractivity contribution in [3.8, 4) is 0 Å². The molecule has 3 aromatic rings. The van der Waals surface area contributed by atoms with Gasteiger partial charge in [-0.15, -0.1) is 11.3 Å². The molecule has 1 unspecified atom stereocenters. The summed E-state index contributed by atoms with van der Waals surface area (Å²) in [6.07, 6.45) is 0.958. The predicted molar refractivity (Wildman–Crippen MR) is 165 cm³/mol. The van der Waals surface area contributed by atoms with E-state index in [0.29, 0.717) is 25.9 Å². The number of aliphatic hydroxyl groups is 1. The lowest BCUT2D eigenvalue weighted by Crippen LogP contribution is -2.57. The number of ether oxygens (including phenoxy) is 1. The second-order valence-electron chi connectivity index (χ2n) is 11.9. The van der Waals surface area contributed by atoms with Gasteiger partial charge in [0.15, 0.2) is 0 Å². The summed E-state index contributed by atoms with van der Waals surface area (Å²) in [5.41, 5.74) is 3.06. The molecule has 4 amide bonds. The van der Waals surface area contributed by atoms with Crippen LogP contribution in [-0.4, -0.2) is 70.3 Å². The Morgan fingerprint density at radius 1 is 1.05 bits per heavy atom. The van der Waals surface area contributed by atoms with Crippen molar-refractivity contribution < 1.29 is 24.2 Å². The number of hydrogen-bond acceptors (Lipinski definition) is 7. The van der Waals surface area contributed by atoms with E-state index in [0.717, 1.165) is 16.0 Å². The molecule has 230 valence electrons. The molecule has 4 rings (SSSR count). The Bertz CT molecular complexity index is 1320. The highest BCUT2D eigenvalue weighted by Crippen LogP contribution is 2.26. The molecule has 0 aliphatic carbocycles. The van der Waals surface area contributed by atoms with Gasteiger partial charge in [-0.05, 0) is 35.8 Å². The molecular weight excluding hydrogens is 566 g/mol. The second kappa shape index (κ2) is 15.0. The quantitative estimate of drug-likeness (QED) is 0.233. The van der Waals surface area contributed by atoms with Crippen LogP contribution < -0.4 is 16.0 Å². The fraction of sp³-hybridized carbons (Fsp3) is 0.438. The first-order valence-electron chi connectivity index (χ1n) is 14.5. The number of aromatic nitrogens is 1. The second-order valence-corrected chi connectivity index (χ2v) is 12.8. The van der Waals surface area contributed by atoms with E-state index in [4.69, 9.17) is 4.74 Å². The van der Waals surface area contributed by atoms with Crippen LogP contribution in [0.1, 0.15) is 43.2 Å². The molecule has 2 heterocycles. The lowest BCUT2D eigenvalue weighted by molar-refractivity contribution is -0.129. The molecule has 1 aromatic heterocycles. The smallest absolute Gasteiger partial charge is 0.407 e. The predicted octanol–water partition coefficient (Wildman–Crippen LogP) is 3.90. The van der Waals surface area contributed by atoms with Crippen LogP contribution in [0.2, 0.25) is 0 Å². The first-order chi connectivity index (χ1) is 20.6. The SMILES string of the molecule is CC(C)(C)C(C(=O)N[C@@H](Cc1ccccc1)C[C@H](O)[C@H](Cc1ccccc1)NC(=O)OCc1cncs1)N1CCNC1=O. The van der Waals surface area contributed by atoms with E-state index >= 15 is 0 Å². The molecule has 11 heteroatoms. The molecule has 10 nitrogen and oxygen atoms in total. The van der Waals surface area contributed by atoms with Gasteiger partial charge in [0, 0.05) is 25.3 Å². The van der Waals surface area contributed by atoms with Crippen molar-refractivity contribution in [3.63, 3.8) is 0 Å². The zero-order chi connectivity index (χ0) is 30.8. The number of urea groups is 1. The molecule has 0 radical (unpaired) electrons. The van der Waals surface area contributed by atoms with E-state index in [1.165, 1.54) is 11.3 Å². The van der Waals surface area contributed by atoms with E-state index in [-0.39, 0.29) is 25.0 Å². The largest absolute Gasteiger partial charge is 0.444 e. The number of nitrogens with zero attached hydrogens (tertiary/aromatic N) is 2. The third-order valence-electron chi connectivity index (χ3n) is 7.36. The lowest BCUT2D eigenvalue weighted by atomic mass is 9.84. The van der Waals surface area contributed by atoms with E-state index in [1.54, 1.807) is 16.6 Å². The van der Waals surface area contributed by atoms with Crippen LogP contribution >= 0.6 is 11.3 Å². The van der Waals surface area contributed by atoms with Gasteiger partial charge in [-0.25, -0.2) is 9.59 Å². The zero-order valence-corrected chi connectivity index (χ0v) is 25.7. The number of carbonyl (C=O) groups is 3. The van der Waals surface area contributed by atoms with E-state index in [9.17, 15) is 19.5 Å². The average molecular weight is 608 g/mol. The number of hydrogen-bond donors (Lipinski definition) is 4. The summed E-state index contributed by atoms with van der Waals surface area (Å²) in [5, 5.41) is 20.4. The topological polar surface area (TPSA) is 133 Å². The van der Waals surface area contributed by atoms with E-state index in [2.05, 4.69) is 20.9 Å². The number of amides is 4. The number of thiazole rings is 1. The van der Waals surface area contributed by atoms with Gasteiger partial charge in [0.25, 0.3) is 0 Å². The van der Waals surface area contributed by atoms with Crippen LogP contribution in [0.4, 0.5) is 9.59 Å². The third kappa shape index (κ3) is 9.52. The Morgan fingerprint density at radius 2 is 1.70 bits per heavy atom. The van der Waals surface area contributed by atoms with Gasteiger partial charge < -0.3 is 30.7 Å². The molecule has 4 N–H and O–H groups in total. The van der Waals surface area contributed by atoms with Crippen molar-refractivity contribution in [1.82, 2.24) is 25.8 Å². The van der Waals surface area contributed by atoms with Crippen molar-refractivity contribution in [2.75, 3.05) is 13.1 Å². The number of aliphatic hydroxyl groups excluding tert-OH is 1. The lowest BCUT2D eigenvalue weighted by Gasteiger charge is -2.37. The van der Waals surface area contributed by atoms with Crippen LogP contribution in [0.25, 0.3) is 0 Å². The highest BCUT2D eigenvalue weighted by Gasteiger charge is 2.41. The molecule has 0 spiro atoms. The number of alkyl carbamates (subject to hydrolysis) is 1. The minimum atomic E-state index is -1.02. The van der Waals surface area contributed by atoms with Crippen LogP contribution in [-0.2, 0) is 29.0 Å². The molecule has 1 fully saturated rings. The van der Waals surface area contributed by atoms with Crippen molar-refractivity contribution in [3.05, 3.63) is 88.4 Å². The summed E-state index contributed by atoms with van der Waals surface area (Å²) in [6, 6.07) is 17.2. The average Bonchev–Trinajstić information content (AvgIpc) is 3.64. The maximum atomic E-state index is 13.8. The highest BCUT2D eigenvalue weighted by molar-refractivity contribution is 7.09. The third-order valence-corrected chi connectivity index (χ3v) is 8.12. The highest BCUT2D eigenvalue weighted by atomic mass is 32.1. The summed E-state index contributed by atoms with van der Waals surface area (Å²) in [7, 11) is 0. The molecule has 2 aromatic carbocycles. The van der Waals surface area contributed by atoms with E-state index in [1.807, 2.05) is 81.4 Å². The van der Waals surface area contributed by atoms with Gasteiger partial charge >= 0.3 is 12.1 Å². The van der Waals surface area contributed by atoms with Crippen molar-refractivity contribution in [1.29, 1.82) is 0 Å². The number of nitrogens with one attached hydrogen (secondary N) is 3. The van der Waals surface area contributed by atoms with Crippen molar-refractivity contribution >= 4 is 29.4 Å². The van der Waals surface area contributed by atoms with Crippen molar-refractivity contribution in [2.45, 2.75) is 70.9 Å². The number of rotatable bonds is 13. The Balaban J connectivity index is 1.52. The normalized spacial score (nSPS) is 16.1. The maximum Gasteiger partial charge on any atom is 0.407 e. The Labute approximate surface area is 256 Å². The molecule has 1 aliphatic rings. The summed E-state index contributed by atoms with van der Waals surface area (Å²) in [5.74, 6) is -0.283. The minimum absolute atomic E-state index is 0.0790. The van der Waals surface area contributed by atoms with Gasteiger partial charge in [0.1, 0.15) is 12.6 Å². The number of benzene rings is 2. The summed E-state index contributed by atoms with van der Waals surface area (Å²) < 4.78 is 5.40. The Morgan fingerprint density at radius 3 is 2.26 bits per heavy atom. The monoisotopic (exact) mass is 607 g/mol. The molecule has 1 saturated heterocycles. The van der Waals surface area contributed by atoms with Gasteiger partial charge in [-0.2, -0.15) is 0 Å². The number of carbonyl (C=O) groups excluding carboxylic acids is 3. The summed E-state index contributed by atoms with van der Waals surface area (Å²) in [6.45, 7) is 6.80. The Hall–Kier alpha value is -3.96. The van der Waals surface area contributed by atoms with Gasteiger partial charge in [0.05, 0.1) is 22.5 Å². The molecule has 0 bridgehead atoms. The van der Waals surface area contributed by atoms with Crippen LogP contribution in [0.5, 0.6) is 0 Å². The molecular formula is C32H41N5O5S. The zero-order valence-electron chi connectivity index (χ0n) is 24.9. The first-order valence-corrected chi connectivity index (χ1v) is 15.4. The molecule has 1 aliphatic heterocycles. The van der Waals surface area contributed by atoms with E-state index < -0.39 is 35.7 Å². The van der Waals surface area contributed by atoms with Gasteiger partial charge in [0.2, 0.25) is 5.91 Å². The first kappa shape index (κ1) is 32.0. The van der Waals surface area contributed by atoms with Crippen LogP contribution in [0, 0.1) is 5.41 Å². The minimum Gasteiger partial charge on any atom is -0.444 e. The standard InChI is InChI=1S/C32H41N5O5S/c1-32(2,3)28(37-15-14-34-30(37)40)29(39)35-24(16-22-10-6-4-7-11-22)18-27(38)26(17-23-12-8-5-9-13-23)36-31(41)42-20-25-19-33-21-43-25/h4-13,19,21,24,26-28,38H,14-18,20H2,1-3H3,(H,34,40)(H,35,39)(H,36,41)/t24-,26-,27-,28?/m0/s1. The summed E-state index contributed by atoms with van der Waals surface area (Å²) >= 11 is 1.39. The fourth-order valence-corrected chi connectivity index (χ4v) is 5.86. The maximum absolute atomic E-state index is 13.8.